The first-order valence-corrected chi connectivity index (χ1v) is 7.78. The number of nitrogens with two attached hydrogens (primary N) is 1. The van der Waals surface area contributed by atoms with E-state index in [1.54, 1.807) is 13.1 Å². The second-order valence-electron chi connectivity index (χ2n) is 4.50. The van der Waals surface area contributed by atoms with E-state index in [1.807, 2.05) is 11.5 Å². The fourth-order valence-electron chi connectivity index (χ4n) is 2.11. The SMILES string of the molecule is CCn1cc(S(=O)(=O)N2CCOC(CN)C2)nc1C. The first-order valence-electron chi connectivity index (χ1n) is 6.34. The summed E-state index contributed by atoms with van der Waals surface area (Å²) >= 11 is 0. The molecule has 0 amide bonds. The van der Waals surface area contributed by atoms with Crippen LogP contribution in [-0.4, -0.2) is 54.6 Å². The van der Waals surface area contributed by atoms with Crippen LogP contribution in [0.4, 0.5) is 0 Å². The number of aryl methyl sites for hydroxylation is 2. The molecule has 1 saturated heterocycles. The van der Waals surface area contributed by atoms with Crippen molar-refractivity contribution in [2.75, 3.05) is 26.2 Å². The van der Waals surface area contributed by atoms with Crippen LogP contribution >= 0.6 is 0 Å². The number of imidazole rings is 1. The summed E-state index contributed by atoms with van der Waals surface area (Å²) in [6.45, 7) is 5.76. The van der Waals surface area contributed by atoms with Gasteiger partial charge in [0.2, 0.25) is 0 Å². The molecule has 0 aromatic carbocycles. The number of aromatic nitrogens is 2. The second kappa shape index (κ2) is 5.58. The van der Waals surface area contributed by atoms with Crippen molar-refractivity contribution in [3.8, 4) is 0 Å². The number of morpholine rings is 1. The zero-order valence-corrected chi connectivity index (χ0v) is 12.1. The van der Waals surface area contributed by atoms with Gasteiger partial charge in [-0.2, -0.15) is 4.31 Å². The molecular formula is C11H20N4O3S. The highest BCUT2D eigenvalue weighted by Crippen LogP contribution is 2.18. The summed E-state index contributed by atoms with van der Waals surface area (Å²) in [6, 6.07) is 0. The fourth-order valence-corrected chi connectivity index (χ4v) is 3.56. The summed E-state index contributed by atoms with van der Waals surface area (Å²) in [5.41, 5.74) is 5.53. The third kappa shape index (κ3) is 2.81. The van der Waals surface area contributed by atoms with E-state index < -0.39 is 10.0 Å². The van der Waals surface area contributed by atoms with Gasteiger partial charge in [0.15, 0.2) is 5.03 Å². The summed E-state index contributed by atoms with van der Waals surface area (Å²) in [5.74, 6) is 0.699. The average molecular weight is 288 g/mol. The van der Waals surface area contributed by atoms with E-state index in [9.17, 15) is 8.42 Å². The van der Waals surface area contributed by atoms with Crippen molar-refractivity contribution in [1.29, 1.82) is 0 Å². The van der Waals surface area contributed by atoms with Gasteiger partial charge >= 0.3 is 0 Å². The Labute approximate surface area is 113 Å². The summed E-state index contributed by atoms with van der Waals surface area (Å²) in [4.78, 5) is 4.14. The molecule has 0 saturated carbocycles. The smallest absolute Gasteiger partial charge is 0.262 e. The van der Waals surface area contributed by atoms with E-state index >= 15 is 0 Å². The van der Waals surface area contributed by atoms with Crippen molar-refractivity contribution in [1.82, 2.24) is 13.9 Å². The summed E-state index contributed by atoms with van der Waals surface area (Å²) < 4.78 is 33.6. The molecule has 0 radical (unpaired) electrons. The zero-order chi connectivity index (χ0) is 14.0. The molecule has 0 aliphatic carbocycles. The lowest BCUT2D eigenvalue weighted by Gasteiger charge is -2.30. The Balaban J connectivity index is 2.25. The van der Waals surface area contributed by atoms with E-state index in [-0.39, 0.29) is 17.7 Å². The van der Waals surface area contributed by atoms with Gasteiger partial charge in [0, 0.05) is 32.4 Å². The normalized spacial score (nSPS) is 21.7. The van der Waals surface area contributed by atoms with Crippen molar-refractivity contribution in [2.24, 2.45) is 5.73 Å². The first-order chi connectivity index (χ1) is 8.98. The first kappa shape index (κ1) is 14.4. The molecule has 2 rings (SSSR count). The van der Waals surface area contributed by atoms with Gasteiger partial charge in [0.25, 0.3) is 10.0 Å². The minimum Gasteiger partial charge on any atom is -0.374 e. The van der Waals surface area contributed by atoms with E-state index in [0.29, 0.717) is 32.1 Å². The van der Waals surface area contributed by atoms with Crippen LogP contribution in [0.5, 0.6) is 0 Å². The largest absolute Gasteiger partial charge is 0.374 e. The Morgan fingerprint density at radius 2 is 2.32 bits per heavy atom. The molecule has 0 spiro atoms. The number of hydrogen-bond donors (Lipinski definition) is 1. The molecule has 1 aliphatic rings. The Hall–Kier alpha value is -0.960. The van der Waals surface area contributed by atoms with Gasteiger partial charge in [-0.1, -0.05) is 0 Å². The molecule has 0 bridgehead atoms. The molecule has 7 nitrogen and oxygen atoms in total. The highest BCUT2D eigenvalue weighted by molar-refractivity contribution is 7.89. The van der Waals surface area contributed by atoms with Crippen LogP contribution in [0.3, 0.4) is 0 Å². The van der Waals surface area contributed by atoms with Gasteiger partial charge in [0.1, 0.15) is 5.82 Å². The maximum atomic E-state index is 12.5. The van der Waals surface area contributed by atoms with E-state index in [1.165, 1.54) is 4.31 Å². The number of nitrogens with zero attached hydrogens (tertiary/aromatic N) is 3. The molecule has 8 heteroatoms. The quantitative estimate of drug-likeness (QED) is 0.811. The van der Waals surface area contributed by atoms with E-state index in [2.05, 4.69) is 4.98 Å². The van der Waals surface area contributed by atoms with Gasteiger partial charge in [0.05, 0.1) is 12.7 Å². The molecule has 1 atom stereocenters. The monoisotopic (exact) mass is 288 g/mol. The van der Waals surface area contributed by atoms with Crippen molar-refractivity contribution < 1.29 is 13.2 Å². The zero-order valence-electron chi connectivity index (χ0n) is 11.2. The Morgan fingerprint density at radius 3 is 2.89 bits per heavy atom. The highest BCUT2D eigenvalue weighted by Gasteiger charge is 2.32. The third-order valence-corrected chi connectivity index (χ3v) is 5.00. The summed E-state index contributed by atoms with van der Waals surface area (Å²) in [6.07, 6.45) is 1.34. The van der Waals surface area contributed by atoms with Crippen LogP contribution in [0.25, 0.3) is 0 Å². The van der Waals surface area contributed by atoms with Crippen LogP contribution in [0, 0.1) is 6.92 Å². The molecule has 1 aromatic rings. The second-order valence-corrected chi connectivity index (χ2v) is 6.39. The van der Waals surface area contributed by atoms with Crippen LogP contribution in [0.2, 0.25) is 0 Å². The van der Waals surface area contributed by atoms with Crippen LogP contribution in [0.15, 0.2) is 11.2 Å². The molecule has 108 valence electrons. The fraction of sp³-hybridized carbons (Fsp3) is 0.727. The number of sulfonamides is 1. The van der Waals surface area contributed by atoms with Gasteiger partial charge in [-0.05, 0) is 13.8 Å². The molecule has 2 N–H and O–H groups in total. The minimum atomic E-state index is -3.55. The lowest BCUT2D eigenvalue weighted by Crippen LogP contribution is -2.48. The summed E-state index contributed by atoms with van der Waals surface area (Å²) in [7, 11) is -3.55. The molecule has 2 heterocycles. The van der Waals surface area contributed by atoms with Gasteiger partial charge in [-0.3, -0.25) is 0 Å². The maximum absolute atomic E-state index is 12.5. The van der Waals surface area contributed by atoms with E-state index in [0.717, 1.165) is 0 Å². The summed E-state index contributed by atoms with van der Waals surface area (Å²) in [5, 5.41) is 0.101. The molecule has 1 aromatic heterocycles. The van der Waals surface area contributed by atoms with Crippen LogP contribution < -0.4 is 5.73 Å². The predicted molar refractivity (Wildman–Crippen MR) is 70.2 cm³/mol. The standard InChI is InChI=1S/C11H20N4O3S/c1-3-14-8-11(13-9(14)2)19(16,17)15-4-5-18-10(6-12)7-15/h8,10H,3-7,12H2,1-2H3. The Morgan fingerprint density at radius 1 is 1.58 bits per heavy atom. The minimum absolute atomic E-state index is 0.101. The maximum Gasteiger partial charge on any atom is 0.262 e. The number of rotatable bonds is 4. The van der Waals surface area contributed by atoms with Gasteiger partial charge in [-0.15, -0.1) is 0 Å². The molecule has 1 aliphatic heterocycles. The Bertz CT molecular complexity index is 540. The number of ether oxygens (including phenoxy) is 1. The van der Waals surface area contributed by atoms with Crippen molar-refractivity contribution in [2.45, 2.75) is 31.5 Å². The molecule has 1 fully saturated rings. The third-order valence-electron chi connectivity index (χ3n) is 3.26. The van der Waals surface area contributed by atoms with Crippen molar-refractivity contribution in [3.63, 3.8) is 0 Å². The highest BCUT2D eigenvalue weighted by atomic mass is 32.2. The van der Waals surface area contributed by atoms with Crippen molar-refractivity contribution >= 4 is 10.0 Å². The van der Waals surface area contributed by atoms with Crippen LogP contribution in [0.1, 0.15) is 12.7 Å². The van der Waals surface area contributed by atoms with Gasteiger partial charge in [-0.25, -0.2) is 13.4 Å². The Kier molecular flexibility index (Phi) is 4.24. The topological polar surface area (TPSA) is 90.5 Å². The number of hydrogen-bond acceptors (Lipinski definition) is 5. The molecule has 19 heavy (non-hydrogen) atoms. The van der Waals surface area contributed by atoms with Crippen LogP contribution in [-0.2, 0) is 21.3 Å². The average Bonchev–Trinajstić information content (AvgIpc) is 2.80. The lowest BCUT2D eigenvalue weighted by molar-refractivity contribution is 0.00444. The molecule has 1 unspecified atom stereocenters. The molecular weight excluding hydrogens is 268 g/mol. The van der Waals surface area contributed by atoms with Crippen molar-refractivity contribution in [3.05, 3.63) is 12.0 Å². The van der Waals surface area contributed by atoms with E-state index in [4.69, 9.17) is 10.5 Å². The van der Waals surface area contributed by atoms with Gasteiger partial charge < -0.3 is 15.0 Å². The predicted octanol–water partition coefficient (Wildman–Crippen LogP) is -0.440. The lowest BCUT2D eigenvalue weighted by atomic mass is 10.3.